The lowest BCUT2D eigenvalue weighted by molar-refractivity contribution is -0.125. The summed E-state index contributed by atoms with van der Waals surface area (Å²) in [7, 11) is 1.37. The number of aliphatic hydroxyl groups is 1. The summed E-state index contributed by atoms with van der Waals surface area (Å²) in [4.78, 5) is 33.0. The lowest BCUT2D eigenvalue weighted by atomic mass is 10.1. The highest BCUT2D eigenvalue weighted by molar-refractivity contribution is 14.1. The standard InChI is InChI=1S/C19H18F3IN4O5/c1-24-15(29)9-32-25-8-10-6-12(19(30)27-31-5-4-28)18(17(22)16(10)21)26-14-3-2-11(23)7-13(14)20/h2-3,6-8,26,28H,4-5,9H2,1H3,(H,24,29)(H,27,30)/b25-8-. The number of carbonyl (C=O) groups excluding carboxylic acids is 2. The van der Waals surface area contributed by atoms with Crippen molar-refractivity contribution in [1.29, 1.82) is 0 Å². The van der Waals surface area contributed by atoms with E-state index in [0.717, 1.165) is 18.3 Å². The molecular formula is C19H18F3IN4O5. The quantitative estimate of drug-likeness (QED) is 0.152. The maximum Gasteiger partial charge on any atom is 0.277 e. The number of nitrogens with one attached hydrogen (secondary N) is 3. The van der Waals surface area contributed by atoms with E-state index in [2.05, 4.69) is 20.6 Å². The number of hydroxylamine groups is 1. The van der Waals surface area contributed by atoms with E-state index >= 15 is 0 Å². The zero-order chi connectivity index (χ0) is 23.7. The van der Waals surface area contributed by atoms with Crippen LogP contribution in [0.2, 0.25) is 0 Å². The number of oxime groups is 1. The molecule has 0 fully saturated rings. The lowest BCUT2D eigenvalue weighted by Gasteiger charge is -2.15. The molecule has 2 rings (SSSR count). The van der Waals surface area contributed by atoms with Crippen LogP contribution in [0.5, 0.6) is 0 Å². The first kappa shape index (κ1) is 25.4. The molecule has 2 amide bonds. The SMILES string of the molecule is CNC(=O)CO/N=C\c1cc(C(=O)NOCCO)c(Nc2ccc(I)cc2F)c(F)c1F. The number of halogens is 4. The van der Waals surface area contributed by atoms with E-state index in [1.165, 1.54) is 19.2 Å². The van der Waals surface area contributed by atoms with Crippen molar-refractivity contribution < 1.29 is 37.5 Å². The van der Waals surface area contributed by atoms with Gasteiger partial charge in [-0.3, -0.25) is 14.4 Å². The van der Waals surface area contributed by atoms with Crippen molar-refractivity contribution >= 4 is 52.0 Å². The fraction of sp³-hybridized carbons (Fsp3) is 0.211. The van der Waals surface area contributed by atoms with Crippen molar-refractivity contribution in [2.75, 3.05) is 32.2 Å². The normalized spacial score (nSPS) is 10.8. The average molecular weight is 566 g/mol. The van der Waals surface area contributed by atoms with E-state index in [9.17, 15) is 22.8 Å². The summed E-state index contributed by atoms with van der Waals surface area (Å²) in [5.41, 5.74) is 0.164. The Morgan fingerprint density at radius 2 is 1.97 bits per heavy atom. The van der Waals surface area contributed by atoms with Gasteiger partial charge in [-0.1, -0.05) is 5.16 Å². The van der Waals surface area contributed by atoms with Gasteiger partial charge in [-0.15, -0.1) is 0 Å². The number of amides is 2. The minimum atomic E-state index is -1.49. The van der Waals surface area contributed by atoms with Gasteiger partial charge in [-0.25, -0.2) is 18.7 Å². The second-order valence-corrected chi connectivity index (χ2v) is 7.20. The fourth-order valence-electron chi connectivity index (χ4n) is 2.25. The Kier molecular flexibility index (Phi) is 9.67. The Labute approximate surface area is 194 Å². The minimum Gasteiger partial charge on any atom is -0.394 e. The second-order valence-electron chi connectivity index (χ2n) is 5.95. The Bertz CT molecular complexity index is 1020. The summed E-state index contributed by atoms with van der Waals surface area (Å²) >= 11 is 1.87. The van der Waals surface area contributed by atoms with Gasteiger partial charge in [-0.05, 0) is 46.9 Å². The largest absolute Gasteiger partial charge is 0.394 e. The van der Waals surface area contributed by atoms with Crippen molar-refractivity contribution in [2.24, 2.45) is 5.16 Å². The van der Waals surface area contributed by atoms with Crippen LogP contribution in [0, 0.1) is 21.0 Å². The fourth-order valence-corrected chi connectivity index (χ4v) is 2.70. The molecule has 0 aromatic heterocycles. The van der Waals surface area contributed by atoms with Crippen LogP contribution >= 0.6 is 22.6 Å². The van der Waals surface area contributed by atoms with Crippen LogP contribution in [0.4, 0.5) is 24.5 Å². The molecule has 0 bridgehead atoms. The summed E-state index contributed by atoms with van der Waals surface area (Å²) in [6.45, 7) is -1.13. The maximum absolute atomic E-state index is 14.9. The molecule has 172 valence electrons. The number of likely N-dealkylation sites (N-methyl/N-ethyl adjacent to an activating group) is 1. The van der Waals surface area contributed by atoms with Crippen LogP contribution in [0.1, 0.15) is 15.9 Å². The zero-order valence-electron chi connectivity index (χ0n) is 16.5. The third-order valence-corrected chi connectivity index (χ3v) is 4.44. The number of aliphatic hydroxyl groups excluding tert-OH is 1. The van der Waals surface area contributed by atoms with Gasteiger partial charge in [0.2, 0.25) is 0 Å². The van der Waals surface area contributed by atoms with Crippen LogP contribution < -0.4 is 16.1 Å². The van der Waals surface area contributed by atoms with Gasteiger partial charge >= 0.3 is 0 Å². The first-order chi connectivity index (χ1) is 15.3. The monoisotopic (exact) mass is 566 g/mol. The van der Waals surface area contributed by atoms with Gasteiger partial charge < -0.3 is 20.6 Å². The summed E-state index contributed by atoms with van der Waals surface area (Å²) < 4.78 is 44.3. The smallest absolute Gasteiger partial charge is 0.277 e. The van der Waals surface area contributed by atoms with Crippen LogP contribution in [0.25, 0.3) is 0 Å². The molecule has 0 spiro atoms. The average Bonchev–Trinajstić information content (AvgIpc) is 2.77. The summed E-state index contributed by atoms with van der Waals surface area (Å²) in [6, 6.07) is 4.90. The molecule has 13 heteroatoms. The van der Waals surface area contributed by atoms with Crippen molar-refractivity contribution in [3.8, 4) is 0 Å². The number of hydrogen-bond donors (Lipinski definition) is 4. The van der Waals surface area contributed by atoms with E-state index < -0.39 is 59.3 Å². The minimum absolute atomic E-state index is 0.204. The topological polar surface area (TPSA) is 121 Å². The van der Waals surface area contributed by atoms with Gasteiger partial charge in [0.1, 0.15) is 5.82 Å². The van der Waals surface area contributed by atoms with Crippen LogP contribution in [0.15, 0.2) is 29.4 Å². The highest BCUT2D eigenvalue weighted by Gasteiger charge is 2.23. The van der Waals surface area contributed by atoms with Gasteiger partial charge in [0.15, 0.2) is 18.2 Å². The first-order valence-electron chi connectivity index (χ1n) is 8.91. The molecular weight excluding hydrogens is 548 g/mol. The van der Waals surface area contributed by atoms with Crippen LogP contribution in [-0.2, 0) is 14.5 Å². The zero-order valence-corrected chi connectivity index (χ0v) is 18.7. The Morgan fingerprint density at radius 1 is 1.22 bits per heavy atom. The molecule has 0 aliphatic heterocycles. The molecule has 0 unspecified atom stereocenters. The van der Waals surface area contributed by atoms with Crippen LogP contribution in [-0.4, -0.2) is 50.0 Å². The van der Waals surface area contributed by atoms with Crippen molar-refractivity contribution in [2.45, 2.75) is 0 Å². The molecule has 2 aromatic carbocycles. The molecule has 0 heterocycles. The van der Waals surface area contributed by atoms with E-state index in [1.807, 2.05) is 28.1 Å². The Morgan fingerprint density at radius 3 is 2.62 bits per heavy atom. The van der Waals surface area contributed by atoms with E-state index in [4.69, 9.17) is 9.94 Å². The molecule has 0 saturated heterocycles. The van der Waals surface area contributed by atoms with Crippen molar-refractivity contribution in [3.63, 3.8) is 0 Å². The molecule has 0 radical (unpaired) electrons. The number of anilines is 2. The predicted molar refractivity (Wildman–Crippen MR) is 117 cm³/mol. The highest BCUT2D eigenvalue weighted by Crippen LogP contribution is 2.30. The third kappa shape index (κ3) is 6.80. The molecule has 32 heavy (non-hydrogen) atoms. The van der Waals surface area contributed by atoms with E-state index in [1.54, 1.807) is 0 Å². The molecule has 0 aliphatic carbocycles. The van der Waals surface area contributed by atoms with Crippen LogP contribution in [0.3, 0.4) is 0 Å². The van der Waals surface area contributed by atoms with Gasteiger partial charge in [0.05, 0.1) is 36.4 Å². The summed E-state index contributed by atoms with van der Waals surface area (Å²) in [5.74, 6) is -5.17. The van der Waals surface area contributed by atoms with Gasteiger partial charge in [-0.2, -0.15) is 0 Å². The summed E-state index contributed by atoms with van der Waals surface area (Å²) in [6.07, 6.45) is 0.766. The number of benzene rings is 2. The van der Waals surface area contributed by atoms with E-state index in [0.29, 0.717) is 3.57 Å². The maximum atomic E-state index is 14.9. The Balaban J connectivity index is 2.43. The highest BCUT2D eigenvalue weighted by atomic mass is 127. The molecule has 0 saturated carbocycles. The lowest BCUT2D eigenvalue weighted by Crippen LogP contribution is -2.26. The molecule has 0 aliphatic rings. The molecule has 4 N–H and O–H groups in total. The number of rotatable bonds is 10. The van der Waals surface area contributed by atoms with Crippen molar-refractivity contribution in [1.82, 2.24) is 10.8 Å². The predicted octanol–water partition coefficient (Wildman–Crippen LogP) is 2.20. The van der Waals surface area contributed by atoms with Crippen molar-refractivity contribution in [3.05, 3.63) is 56.4 Å². The number of carbonyl (C=O) groups is 2. The third-order valence-electron chi connectivity index (χ3n) is 3.77. The molecule has 2 aromatic rings. The van der Waals surface area contributed by atoms with E-state index in [-0.39, 0.29) is 12.3 Å². The number of nitrogens with zero attached hydrogens (tertiary/aromatic N) is 1. The Hall–Kier alpha value is -2.91. The molecule has 0 atom stereocenters. The first-order valence-corrected chi connectivity index (χ1v) is 9.99. The number of hydrogen-bond acceptors (Lipinski definition) is 7. The van der Waals surface area contributed by atoms with Gasteiger partial charge in [0.25, 0.3) is 11.8 Å². The summed E-state index contributed by atoms with van der Waals surface area (Å²) in [5, 5.41) is 16.8. The second kappa shape index (κ2) is 12.2. The molecule has 9 nitrogen and oxygen atoms in total. The van der Waals surface area contributed by atoms with Gasteiger partial charge in [0, 0.05) is 16.2 Å².